The van der Waals surface area contributed by atoms with Gasteiger partial charge in [0, 0.05) is 0 Å². The fourth-order valence-corrected chi connectivity index (χ4v) is 3.11. The Bertz CT molecular complexity index is 172. The zero-order valence-corrected chi connectivity index (χ0v) is 10.4. The summed E-state index contributed by atoms with van der Waals surface area (Å²) in [5.74, 6) is -0.524. The quantitative estimate of drug-likeness (QED) is 0.324. The van der Waals surface area contributed by atoms with Crippen molar-refractivity contribution in [2.24, 2.45) is 0 Å². The summed E-state index contributed by atoms with van der Waals surface area (Å²) < 4.78 is 0. The maximum absolute atomic E-state index is 10.2. The van der Waals surface area contributed by atoms with Gasteiger partial charge in [-0.3, -0.25) is 0 Å². The Morgan fingerprint density at radius 2 is 2.15 bits per heavy atom. The molecule has 2 N–H and O–H groups in total. The van der Waals surface area contributed by atoms with Crippen LogP contribution in [-0.2, 0) is 4.79 Å². The van der Waals surface area contributed by atoms with Gasteiger partial charge in [-0.25, -0.2) is 4.79 Å². The Balaban J connectivity index is 3.41. The number of halogens is 1. The molecule has 0 spiro atoms. The average Bonchev–Trinajstić information content (AvgIpc) is 1.95. The van der Waals surface area contributed by atoms with Gasteiger partial charge in [0.25, 0.3) is 0 Å². The highest BCUT2D eigenvalue weighted by atomic mass is 35.6. The van der Waals surface area contributed by atoms with Crippen LogP contribution in [0.5, 0.6) is 0 Å². The third kappa shape index (κ3) is 8.61. The maximum Gasteiger partial charge on any atom is 0.343 e. The van der Waals surface area contributed by atoms with Crippen molar-refractivity contribution in [2.45, 2.75) is 31.0 Å². The van der Waals surface area contributed by atoms with Crippen LogP contribution in [0.25, 0.3) is 0 Å². The van der Waals surface area contributed by atoms with E-state index in [2.05, 4.69) is 0 Å². The van der Waals surface area contributed by atoms with Crippen LogP contribution in [-0.4, -0.2) is 34.8 Å². The molecule has 0 fully saturated rings. The Hall–Kier alpha value is 0.287. The number of thioether (sulfide) groups is 1. The van der Waals surface area contributed by atoms with Gasteiger partial charge in [-0.2, -0.15) is 11.1 Å². The molecule has 0 aliphatic carbocycles. The van der Waals surface area contributed by atoms with E-state index in [0.717, 1.165) is 24.2 Å². The van der Waals surface area contributed by atoms with Crippen LogP contribution in [0, 0.1) is 0 Å². The summed E-state index contributed by atoms with van der Waals surface area (Å²) in [6, 6.07) is 0.952. The van der Waals surface area contributed by atoms with E-state index in [9.17, 15) is 4.79 Å². The van der Waals surface area contributed by atoms with Gasteiger partial charge in [-0.15, -0.1) is 11.8 Å². The highest BCUT2D eigenvalue weighted by Crippen LogP contribution is 2.19. The molecule has 0 aliphatic heterocycles. The summed E-state index contributed by atoms with van der Waals surface area (Å²) in [4.78, 5) is 10.2. The Labute approximate surface area is 88.2 Å². The lowest BCUT2D eigenvalue weighted by Gasteiger charge is -2.12. The molecule has 13 heavy (non-hydrogen) atoms. The first kappa shape index (κ1) is 13.3. The number of hydrogen-bond donors (Lipinski definition) is 2. The van der Waals surface area contributed by atoms with Crippen LogP contribution in [0.3, 0.4) is 0 Å². The van der Waals surface area contributed by atoms with Crippen molar-refractivity contribution < 1.29 is 15.0 Å². The summed E-state index contributed by atoms with van der Waals surface area (Å²) in [7, 11) is -1.53. The molecule has 0 saturated carbocycles. The minimum Gasteiger partial charge on any atom is -0.479 e. The SMILES string of the molecule is C[Si](C)(Cl)CCCSC(O)C(=O)O. The van der Waals surface area contributed by atoms with Crippen LogP contribution >= 0.6 is 22.8 Å². The number of aliphatic carboxylic acids is 1. The van der Waals surface area contributed by atoms with E-state index in [4.69, 9.17) is 21.3 Å². The smallest absolute Gasteiger partial charge is 0.343 e. The number of aliphatic hydroxyl groups is 1. The second-order valence-electron chi connectivity index (χ2n) is 3.38. The van der Waals surface area contributed by atoms with Gasteiger partial charge in [0.05, 0.1) is 0 Å². The zero-order chi connectivity index (χ0) is 10.5. The van der Waals surface area contributed by atoms with Gasteiger partial charge in [-0.05, 0) is 18.2 Å². The van der Waals surface area contributed by atoms with Crippen molar-refractivity contribution in [3.05, 3.63) is 0 Å². The normalized spacial score (nSPS) is 14.2. The third-order valence-corrected chi connectivity index (χ3v) is 4.55. The fraction of sp³-hybridized carbons (Fsp3) is 0.857. The predicted octanol–water partition coefficient (Wildman–Crippen LogP) is 1.96. The molecule has 0 radical (unpaired) electrons. The van der Waals surface area contributed by atoms with Crippen LogP contribution in [0.15, 0.2) is 0 Å². The molecule has 1 atom stereocenters. The molecular formula is C7H15ClO3SSi. The second kappa shape index (κ2) is 5.90. The van der Waals surface area contributed by atoms with Gasteiger partial charge in [0.15, 0.2) is 12.8 Å². The second-order valence-corrected chi connectivity index (χ2v) is 11.6. The summed E-state index contributed by atoms with van der Waals surface area (Å²) in [6.07, 6.45) is 0.873. The van der Waals surface area contributed by atoms with E-state index < -0.39 is 18.8 Å². The van der Waals surface area contributed by atoms with Gasteiger partial charge in [0.2, 0.25) is 0 Å². The van der Waals surface area contributed by atoms with Crippen molar-refractivity contribution in [3.63, 3.8) is 0 Å². The molecule has 0 aromatic carbocycles. The first-order valence-corrected chi connectivity index (χ1v) is 9.31. The molecule has 0 amide bonds. The minimum atomic E-state index is -1.53. The molecule has 0 aliphatic rings. The molecule has 1 unspecified atom stereocenters. The van der Waals surface area contributed by atoms with Crippen molar-refractivity contribution in [3.8, 4) is 0 Å². The largest absolute Gasteiger partial charge is 0.479 e. The van der Waals surface area contributed by atoms with Crippen molar-refractivity contribution in [1.82, 2.24) is 0 Å². The van der Waals surface area contributed by atoms with Gasteiger partial charge in [0.1, 0.15) is 0 Å². The van der Waals surface area contributed by atoms with E-state index >= 15 is 0 Å². The van der Waals surface area contributed by atoms with Crippen molar-refractivity contribution in [1.29, 1.82) is 0 Å². The lowest BCUT2D eigenvalue weighted by Crippen LogP contribution is -2.18. The first-order chi connectivity index (χ1) is 5.83. The first-order valence-electron chi connectivity index (χ1n) is 4.04. The molecule has 6 heteroatoms. The monoisotopic (exact) mass is 242 g/mol. The summed E-state index contributed by atoms with van der Waals surface area (Å²) >= 11 is 7.11. The van der Waals surface area contributed by atoms with E-state index in [-0.39, 0.29) is 0 Å². The molecule has 0 bridgehead atoms. The van der Waals surface area contributed by atoms with Crippen molar-refractivity contribution >= 4 is 36.2 Å². The average molecular weight is 243 g/mol. The highest BCUT2D eigenvalue weighted by molar-refractivity contribution is 8.00. The molecule has 78 valence electrons. The molecular weight excluding hydrogens is 228 g/mol. The van der Waals surface area contributed by atoms with Gasteiger partial charge >= 0.3 is 5.97 Å². The molecule has 0 rings (SSSR count). The topological polar surface area (TPSA) is 57.5 Å². The van der Waals surface area contributed by atoms with E-state index in [0.29, 0.717) is 5.75 Å². The molecule has 0 heterocycles. The third-order valence-electron chi connectivity index (χ3n) is 1.40. The lowest BCUT2D eigenvalue weighted by molar-refractivity contribution is -0.141. The Morgan fingerprint density at radius 1 is 1.62 bits per heavy atom. The maximum atomic E-state index is 10.2. The van der Waals surface area contributed by atoms with Crippen LogP contribution < -0.4 is 0 Å². The molecule has 3 nitrogen and oxygen atoms in total. The number of carboxylic acid groups (broad SMARTS) is 1. The number of aliphatic hydroxyl groups excluding tert-OH is 1. The van der Waals surface area contributed by atoms with Crippen molar-refractivity contribution in [2.75, 3.05) is 5.75 Å². The minimum absolute atomic E-state index is 0.649. The summed E-state index contributed by atoms with van der Waals surface area (Å²) in [6.45, 7) is 4.10. The molecule has 0 saturated heterocycles. The fourth-order valence-electron chi connectivity index (χ4n) is 0.759. The standard InChI is InChI=1S/C7H15ClO3SSi/c1-13(2,8)5-3-4-12-7(11)6(9)10/h7,11H,3-5H2,1-2H3,(H,9,10). The highest BCUT2D eigenvalue weighted by Gasteiger charge is 2.17. The Kier molecular flexibility index (Phi) is 6.03. The summed E-state index contributed by atoms with van der Waals surface area (Å²) in [5, 5.41) is 17.3. The number of carboxylic acids is 1. The summed E-state index contributed by atoms with van der Waals surface area (Å²) in [5.41, 5.74) is -1.29. The van der Waals surface area contributed by atoms with Gasteiger partial charge < -0.3 is 10.2 Å². The molecule has 0 aromatic heterocycles. The van der Waals surface area contributed by atoms with Gasteiger partial charge in [-0.1, -0.05) is 13.1 Å². The molecule has 0 aromatic rings. The number of hydrogen-bond acceptors (Lipinski definition) is 3. The number of carbonyl (C=O) groups is 1. The Morgan fingerprint density at radius 3 is 2.54 bits per heavy atom. The van der Waals surface area contributed by atoms with Crippen LogP contribution in [0.1, 0.15) is 6.42 Å². The lowest BCUT2D eigenvalue weighted by atomic mass is 10.6. The van der Waals surface area contributed by atoms with E-state index in [1.807, 2.05) is 13.1 Å². The van der Waals surface area contributed by atoms with Crippen LogP contribution in [0.2, 0.25) is 19.1 Å². The zero-order valence-electron chi connectivity index (χ0n) is 7.79. The van der Waals surface area contributed by atoms with Crippen LogP contribution in [0.4, 0.5) is 0 Å². The predicted molar refractivity (Wildman–Crippen MR) is 58.9 cm³/mol. The number of rotatable bonds is 6. The van der Waals surface area contributed by atoms with E-state index in [1.54, 1.807) is 0 Å². The van der Waals surface area contributed by atoms with E-state index in [1.165, 1.54) is 0 Å².